The van der Waals surface area contributed by atoms with Gasteiger partial charge < -0.3 is 15.5 Å². The Bertz CT molecular complexity index is 484. The van der Waals surface area contributed by atoms with Crippen molar-refractivity contribution in [2.24, 2.45) is 5.73 Å². The lowest BCUT2D eigenvalue weighted by Crippen LogP contribution is -2.09. The van der Waals surface area contributed by atoms with E-state index in [2.05, 4.69) is 29.0 Å². The van der Waals surface area contributed by atoms with Crippen molar-refractivity contribution in [2.45, 2.75) is 12.1 Å². The fourth-order valence-electron chi connectivity index (χ4n) is 1.55. The Kier molecular flexibility index (Phi) is 4.42. The molecule has 0 aliphatic carbocycles. The maximum Gasteiger partial charge on any atom is 0.166 e. The van der Waals surface area contributed by atoms with Gasteiger partial charge in [0.2, 0.25) is 0 Å². The standard InChI is InChI=1S/C12H17N3OS/c1-9-2-3-10-11(8-9)15-12(14-10)17-7-6-16-5-4-13/h2-3,8H,4-7,13H2,1H3,(H,14,15). The number of ether oxygens (including phenoxy) is 1. The van der Waals surface area contributed by atoms with Crippen molar-refractivity contribution in [1.29, 1.82) is 0 Å². The van der Waals surface area contributed by atoms with Crippen LogP contribution in [-0.2, 0) is 4.74 Å². The summed E-state index contributed by atoms with van der Waals surface area (Å²) in [4.78, 5) is 7.80. The summed E-state index contributed by atoms with van der Waals surface area (Å²) in [6.45, 7) is 3.99. The van der Waals surface area contributed by atoms with Gasteiger partial charge in [0, 0.05) is 12.3 Å². The lowest BCUT2D eigenvalue weighted by molar-refractivity contribution is 0.158. The topological polar surface area (TPSA) is 63.9 Å². The number of rotatable bonds is 6. The number of fused-ring (bicyclic) bond motifs is 1. The highest BCUT2D eigenvalue weighted by atomic mass is 32.2. The van der Waals surface area contributed by atoms with E-state index in [1.165, 1.54) is 5.56 Å². The van der Waals surface area contributed by atoms with Gasteiger partial charge in [0.15, 0.2) is 5.16 Å². The zero-order valence-electron chi connectivity index (χ0n) is 9.90. The second-order valence-electron chi connectivity index (χ2n) is 3.81. The molecule has 1 aromatic carbocycles. The molecule has 0 saturated heterocycles. The summed E-state index contributed by atoms with van der Waals surface area (Å²) in [6, 6.07) is 6.22. The molecule has 5 heteroatoms. The third-order valence-corrected chi connectivity index (χ3v) is 3.18. The van der Waals surface area contributed by atoms with E-state index in [1.807, 2.05) is 6.07 Å². The second kappa shape index (κ2) is 6.05. The molecule has 2 aromatic rings. The molecule has 0 bridgehead atoms. The molecule has 0 unspecified atom stereocenters. The number of aryl methyl sites for hydroxylation is 1. The predicted molar refractivity (Wildman–Crippen MR) is 71.4 cm³/mol. The van der Waals surface area contributed by atoms with E-state index >= 15 is 0 Å². The Morgan fingerprint density at radius 3 is 3.12 bits per heavy atom. The fourth-order valence-corrected chi connectivity index (χ4v) is 2.29. The lowest BCUT2D eigenvalue weighted by Gasteiger charge is -1.99. The van der Waals surface area contributed by atoms with Crippen LogP contribution in [0.3, 0.4) is 0 Å². The first-order valence-corrected chi connectivity index (χ1v) is 6.65. The Balaban J connectivity index is 1.91. The van der Waals surface area contributed by atoms with Crippen LogP contribution in [0.1, 0.15) is 5.56 Å². The molecule has 0 fully saturated rings. The molecule has 0 spiro atoms. The molecule has 4 nitrogen and oxygen atoms in total. The zero-order chi connectivity index (χ0) is 12.1. The number of aromatic nitrogens is 2. The number of hydrogen-bond acceptors (Lipinski definition) is 4. The van der Waals surface area contributed by atoms with Gasteiger partial charge in [0.05, 0.1) is 24.2 Å². The minimum Gasteiger partial charge on any atom is -0.379 e. The molecule has 1 aromatic heterocycles. The number of nitrogens with two attached hydrogens (primary N) is 1. The van der Waals surface area contributed by atoms with Gasteiger partial charge in [0.1, 0.15) is 0 Å². The summed E-state index contributed by atoms with van der Waals surface area (Å²) >= 11 is 1.67. The van der Waals surface area contributed by atoms with Crippen molar-refractivity contribution >= 4 is 22.8 Å². The smallest absolute Gasteiger partial charge is 0.166 e. The highest BCUT2D eigenvalue weighted by Crippen LogP contribution is 2.19. The highest BCUT2D eigenvalue weighted by molar-refractivity contribution is 7.99. The van der Waals surface area contributed by atoms with E-state index in [4.69, 9.17) is 10.5 Å². The molecule has 1 heterocycles. The lowest BCUT2D eigenvalue weighted by atomic mass is 10.2. The van der Waals surface area contributed by atoms with Crippen LogP contribution >= 0.6 is 11.8 Å². The summed E-state index contributed by atoms with van der Waals surface area (Å²) in [5.74, 6) is 0.888. The number of H-pyrrole nitrogens is 1. The molecule has 0 saturated carbocycles. The summed E-state index contributed by atoms with van der Waals surface area (Å²) in [7, 11) is 0. The average Bonchev–Trinajstić information content (AvgIpc) is 2.70. The molecule has 0 aliphatic heterocycles. The van der Waals surface area contributed by atoms with Crippen molar-refractivity contribution in [2.75, 3.05) is 25.5 Å². The molecular formula is C12H17N3OS. The Morgan fingerprint density at radius 1 is 1.41 bits per heavy atom. The first kappa shape index (κ1) is 12.4. The number of hydrogen-bond donors (Lipinski definition) is 2. The number of benzene rings is 1. The van der Waals surface area contributed by atoms with E-state index in [0.717, 1.165) is 21.9 Å². The average molecular weight is 251 g/mol. The van der Waals surface area contributed by atoms with Gasteiger partial charge in [-0.15, -0.1) is 0 Å². The third-order valence-electron chi connectivity index (χ3n) is 2.34. The quantitative estimate of drug-likeness (QED) is 0.608. The van der Waals surface area contributed by atoms with Crippen LogP contribution < -0.4 is 5.73 Å². The summed E-state index contributed by atoms with van der Waals surface area (Å²) < 4.78 is 5.31. The summed E-state index contributed by atoms with van der Waals surface area (Å²) in [6.07, 6.45) is 0. The first-order valence-electron chi connectivity index (χ1n) is 5.66. The Labute approximate surface area is 105 Å². The van der Waals surface area contributed by atoms with Crippen molar-refractivity contribution in [3.8, 4) is 0 Å². The first-order chi connectivity index (χ1) is 8.29. The number of nitrogens with one attached hydrogen (secondary N) is 1. The largest absolute Gasteiger partial charge is 0.379 e. The van der Waals surface area contributed by atoms with E-state index in [-0.39, 0.29) is 0 Å². The third kappa shape index (κ3) is 3.46. The maximum absolute atomic E-state index is 5.34. The Morgan fingerprint density at radius 2 is 2.29 bits per heavy atom. The monoisotopic (exact) mass is 251 g/mol. The minimum absolute atomic E-state index is 0.578. The van der Waals surface area contributed by atoms with Gasteiger partial charge in [0.25, 0.3) is 0 Å². The van der Waals surface area contributed by atoms with Crippen LogP contribution in [0.15, 0.2) is 23.4 Å². The van der Waals surface area contributed by atoms with Gasteiger partial charge in [-0.25, -0.2) is 4.98 Å². The molecule has 0 atom stereocenters. The minimum atomic E-state index is 0.578. The molecule has 2 rings (SSSR count). The molecule has 0 aliphatic rings. The van der Waals surface area contributed by atoms with E-state index in [9.17, 15) is 0 Å². The van der Waals surface area contributed by atoms with Crippen LogP contribution in [0.25, 0.3) is 11.0 Å². The second-order valence-corrected chi connectivity index (χ2v) is 4.90. The zero-order valence-corrected chi connectivity index (χ0v) is 10.7. The van der Waals surface area contributed by atoms with Crippen LogP contribution in [0.5, 0.6) is 0 Å². The van der Waals surface area contributed by atoms with Gasteiger partial charge in [-0.05, 0) is 24.6 Å². The van der Waals surface area contributed by atoms with Crippen molar-refractivity contribution in [3.63, 3.8) is 0 Å². The number of imidazole rings is 1. The molecule has 0 amide bonds. The Hall–Kier alpha value is -1.04. The number of aromatic amines is 1. The molecule has 3 N–H and O–H groups in total. The molecule has 0 radical (unpaired) electrons. The van der Waals surface area contributed by atoms with Gasteiger partial charge in [-0.1, -0.05) is 17.8 Å². The van der Waals surface area contributed by atoms with Crippen LogP contribution in [-0.4, -0.2) is 35.5 Å². The molecule has 17 heavy (non-hydrogen) atoms. The highest BCUT2D eigenvalue weighted by Gasteiger charge is 2.02. The van der Waals surface area contributed by atoms with Crippen molar-refractivity contribution in [1.82, 2.24) is 9.97 Å². The van der Waals surface area contributed by atoms with Crippen LogP contribution in [0.4, 0.5) is 0 Å². The summed E-state index contributed by atoms with van der Waals surface area (Å²) in [5, 5.41) is 0.946. The van der Waals surface area contributed by atoms with Crippen LogP contribution in [0, 0.1) is 6.92 Å². The van der Waals surface area contributed by atoms with Crippen LogP contribution in [0.2, 0.25) is 0 Å². The van der Waals surface area contributed by atoms with E-state index < -0.39 is 0 Å². The SMILES string of the molecule is Cc1ccc2nc(SCCOCCN)[nH]c2c1. The number of nitrogens with zero attached hydrogens (tertiary/aromatic N) is 1. The van der Waals surface area contributed by atoms with Gasteiger partial charge in [-0.3, -0.25) is 0 Å². The maximum atomic E-state index is 5.34. The summed E-state index contributed by atoms with van der Waals surface area (Å²) in [5.41, 5.74) is 8.68. The van der Waals surface area contributed by atoms with E-state index in [0.29, 0.717) is 19.8 Å². The normalized spacial score (nSPS) is 11.2. The van der Waals surface area contributed by atoms with Gasteiger partial charge in [-0.2, -0.15) is 0 Å². The van der Waals surface area contributed by atoms with Crippen molar-refractivity contribution < 1.29 is 4.74 Å². The van der Waals surface area contributed by atoms with E-state index in [1.54, 1.807) is 11.8 Å². The van der Waals surface area contributed by atoms with Crippen molar-refractivity contribution in [3.05, 3.63) is 23.8 Å². The molecular weight excluding hydrogens is 234 g/mol. The van der Waals surface area contributed by atoms with Gasteiger partial charge >= 0.3 is 0 Å². The fraction of sp³-hybridized carbons (Fsp3) is 0.417. The molecule has 92 valence electrons. The number of thioether (sulfide) groups is 1. The predicted octanol–water partition coefficient (Wildman–Crippen LogP) is 1.94.